The van der Waals surface area contributed by atoms with Crippen LogP contribution in [-0.4, -0.2) is 12.1 Å². The number of hydrogen-bond donors (Lipinski definition) is 1. The van der Waals surface area contributed by atoms with Crippen LogP contribution < -0.4 is 5.32 Å². The summed E-state index contributed by atoms with van der Waals surface area (Å²) in [6.45, 7) is 4.59. The van der Waals surface area contributed by atoms with Crippen molar-refractivity contribution >= 4 is 0 Å². The second-order valence-electron chi connectivity index (χ2n) is 6.49. The zero-order chi connectivity index (χ0) is 13.8. The summed E-state index contributed by atoms with van der Waals surface area (Å²) in [6, 6.07) is 1.78. The van der Waals surface area contributed by atoms with Crippen molar-refractivity contribution in [2.24, 2.45) is 0 Å². The first-order valence-corrected chi connectivity index (χ1v) is 9.14. The van der Waals surface area contributed by atoms with E-state index in [2.05, 4.69) is 19.2 Å². The lowest BCUT2D eigenvalue weighted by atomic mass is 10.0. The van der Waals surface area contributed by atoms with Crippen molar-refractivity contribution in [3.63, 3.8) is 0 Å². The fraction of sp³-hybridized carbons (Fsp3) is 1.00. The normalized spacial score (nSPS) is 21.8. The third-order valence-electron chi connectivity index (χ3n) is 4.54. The molecule has 114 valence electrons. The molecule has 1 rings (SSSR count). The first-order chi connectivity index (χ1) is 9.38. The van der Waals surface area contributed by atoms with Crippen LogP contribution in [0.2, 0.25) is 0 Å². The lowest BCUT2D eigenvalue weighted by Crippen LogP contribution is -1.94. The Morgan fingerprint density at radius 2 is 0.895 bits per heavy atom. The first kappa shape index (κ1) is 17.0. The SMILES string of the molecule is CCCCCCCC[C@@H]1N[C@@H]1CCCCCCCC. The van der Waals surface area contributed by atoms with Gasteiger partial charge in [0.1, 0.15) is 0 Å². The van der Waals surface area contributed by atoms with Gasteiger partial charge in [0, 0.05) is 12.1 Å². The molecule has 19 heavy (non-hydrogen) atoms. The largest absolute Gasteiger partial charge is 0.308 e. The van der Waals surface area contributed by atoms with E-state index in [1.165, 1.54) is 89.9 Å². The molecule has 1 N–H and O–H groups in total. The van der Waals surface area contributed by atoms with Gasteiger partial charge >= 0.3 is 0 Å². The maximum atomic E-state index is 3.67. The van der Waals surface area contributed by atoms with Gasteiger partial charge in [0.15, 0.2) is 0 Å². The van der Waals surface area contributed by atoms with E-state index >= 15 is 0 Å². The van der Waals surface area contributed by atoms with Gasteiger partial charge in [-0.3, -0.25) is 0 Å². The van der Waals surface area contributed by atoms with Crippen LogP contribution in [0.4, 0.5) is 0 Å². The van der Waals surface area contributed by atoms with E-state index in [1.54, 1.807) is 0 Å². The molecule has 0 unspecified atom stereocenters. The molecular formula is C18H37N. The number of hydrogen-bond acceptors (Lipinski definition) is 1. The lowest BCUT2D eigenvalue weighted by Gasteiger charge is -2.01. The van der Waals surface area contributed by atoms with Gasteiger partial charge < -0.3 is 5.32 Å². The van der Waals surface area contributed by atoms with Gasteiger partial charge in [-0.2, -0.15) is 0 Å². The predicted molar refractivity (Wildman–Crippen MR) is 86.7 cm³/mol. The van der Waals surface area contributed by atoms with E-state index in [4.69, 9.17) is 0 Å². The van der Waals surface area contributed by atoms with Crippen molar-refractivity contribution in [3.05, 3.63) is 0 Å². The van der Waals surface area contributed by atoms with Crippen LogP contribution in [0.1, 0.15) is 104 Å². The van der Waals surface area contributed by atoms with Gasteiger partial charge in [-0.05, 0) is 12.8 Å². The maximum absolute atomic E-state index is 3.67. The summed E-state index contributed by atoms with van der Waals surface area (Å²) in [4.78, 5) is 0. The minimum Gasteiger partial charge on any atom is -0.308 e. The van der Waals surface area contributed by atoms with Crippen molar-refractivity contribution in [2.75, 3.05) is 0 Å². The van der Waals surface area contributed by atoms with Crippen LogP contribution in [0.5, 0.6) is 0 Å². The quantitative estimate of drug-likeness (QED) is 0.310. The standard InChI is InChI=1S/C18H37N/c1-3-5-7-9-11-13-15-17-18(19-17)16-14-12-10-8-6-4-2/h17-19H,3-16H2,1-2H3/t17-,18+. The average molecular weight is 268 g/mol. The molecule has 2 atom stereocenters. The Bertz CT molecular complexity index is 170. The van der Waals surface area contributed by atoms with E-state index in [0.29, 0.717) is 0 Å². The monoisotopic (exact) mass is 267 g/mol. The molecule has 0 aromatic heterocycles. The molecule has 1 aliphatic heterocycles. The third-order valence-corrected chi connectivity index (χ3v) is 4.54. The second kappa shape index (κ2) is 11.8. The molecule has 0 saturated carbocycles. The third kappa shape index (κ3) is 9.49. The van der Waals surface area contributed by atoms with Gasteiger partial charge in [0.2, 0.25) is 0 Å². The van der Waals surface area contributed by atoms with Gasteiger partial charge in [0.05, 0.1) is 0 Å². The lowest BCUT2D eigenvalue weighted by molar-refractivity contribution is 0.566. The molecule has 0 aromatic rings. The minimum atomic E-state index is 0.891. The topological polar surface area (TPSA) is 21.9 Å². The highest BCUT2D eigenvalue weighted by Crippen LogP contribution is 2.23. The summed E-state index contributed by atoms with van der Waals surface area (Å²) < 4.78 is 0. The van der Waals surface area contributed by atoms with Crippen LogP contribution in [0.15, 0.2) is 0 Å². The van der Waals surface area contributed by atoms with Crippen LogP contribution in [0, 0.1) is 0 Å². The Morgan fingerprint density at radius 1 is 0.526 bits per heavy atom. The molecule has 0 radical (unpaired) electrons. The number of nitrogens with one attached hydrogen (secondary N) is 1. The molecule has 1 aliphatic rings. The van der Waals surface area contributed by atoms with E-state index < -0.39 is 0 Å². The Kier molecular flexibility index (Phi) is 10.5. The minimum absolute atomic E-state index is 0.891. The van der Waals surface area contributed by atoms with Gasteiger partial charge in [-0.15, -0.1) is 0 Å². The molecule has 0 amide bonds. The van der Waals surface area contributed by atoms with E-state index in [1.807, 2.05) is 0 Å². The van der Waals surface area contributed by atoms with Crippen molar-refractivity contribution in [1.82, 2.24) is 5.32 Å². The van der Waals surface area contributed by atoms with E-state index in [0.717, 1.165) is 12.1 Å². The molecule has 0 aliphatic carbocycles. The van der Waals surface area contributed by atoms with Crippen molar-refractivity contribution in [3.8, 4) is 0 Å². The van der Waals surface area contributed by atoms with Crippen LogP contribution in [-0.2, 0) is 0 Å². The highest BCUT2D eigenvalue weighted by molar-refractivity contribution is 4.97. The summed E-state index contributed by atoms with van der Waals surface area (Å²) in [6.07, 6.45) is 20.1. The maximum Gasteiger partial charge on any atom is 0.0224 e. The van der Waals surface area contributed by atoms with Gasteiger partial charge in [-0.25, -0.2) is 0 Å². The Labute approximate surface area is 121 Å². The van der Waals surface area contributed by atoms with Gasteiger partial charge in [0.25, 0.3) is 0 Å². The van der Waals surface area contributed by atoms with Gasteiger partial charge in [-0.1, -0.05) is 90.9 Å². The molecule has 0 aromatic carbocycles. The fourth-order valence-electron chi connectivity index (χ4n) is 3.08. The highest BCUT2D eigenvalue weighted by Gasteiger charge is 2.33. The van der Waals surface area contributed by atoms with Crippen LogP contribution in [0.25, 0.3) is 0 Å². The highest BCUT2D eigenvalue weighted by atomic mass is 15.1. The molecule has 1 nitrogen and oxygen atoms in total. The summed E-state index contributed by atoms with van der Waals surface area (Å²) in [5.41, 5.74) is 0. The molecule has 0 bridgehead atoms. The molecule has 1 heterocycles. The number of rotatable bonds is 14. The van der Waals surface area contributed by atoms with Crippen molar-refractivity contribution < 1.29 is 0 Å². The smallest absolute Gasteiger partial charge is 0.0224 e. The van der Waals surface area contributed by atoms with Crippen LogP contribution in [0.3, 0.4) is 0 Å². The zero-order valence-electron chi connectivity index (χ0n) is 13.6. The second-order valence-corrected chi connectivity index (χ2v) is 6.49. The Balaban J connectivity index is 1.76. The molecule has 1 heteroatoms. The number of unbranched alkanes of at least 4 members (excludes halogenated alkanes) is 10. The summed E-state index contributed by atoms with van der Waals surface area (Å²) in [5.74, 6) is 0. The summed E-state index contributed by atoms with van der Waals surface area (Å²) >= 11 is 0. The Hall–Kier alpha value is -0.0400. The van der Waals surface area contributed by atoms with E-state index in [-0.39, 0.29) is 0 Å². The predicted octanol–water partition coefficient (Wildman–Crippen LogP) is 5.83. The summed E-state index contributed by atoms with van der Waals surface area (Å²) in [5, 5.41) is 3.67. The van der Waals surface area contributed by atoms with Crippen molar-refractivity contribution in [2.45, 2.75) is 116 Å². The molecule has 0 spiro atoms. The summed E-state index contributed by atoms with van der Waals surface area (Å²) in [7, 11) is 0. The average Bonchev–Trinajstić information content (AvgIpc) is 3.16. The molecular weight excluding hydrogens is 230 g/mol. The molecule has 1 fully saturated rings. The molecule has 1 saturated heterocycles. The van der Waals surface area contributed by atoms with Crippen LogP contribution >= 0.6 is 0 Å². The zero-order valence-corrected chi connectivity index (χ0v) is 13.6. The van der Waals surface area contributed by atoms with Crippen molar-refractivity contribution in [1.29, 1.82) is 0 Å². The fourth-order valence-corrected chi connectivity index (χ4v) is 3.08. The first-order valence-electron chi connectivity index (χ1n) is 9.14. The van der Waals surface area contributed by atoms with E-state index in [9.17, 15) is 0 Å². The Morgan fingerprint density at radius 3 is 1.32 bits per heavy atom.